The van der Waals surface area contributed by atoms with Crippen LogP contribution in [0, 0.1) is 5.92 Å². The Morgan fingerprint density at radius 2 is 2.00 bits per heavy atom. The fourth-order valence-corrected chi connectivity index (χ4v) is 3.19. The SMILES string of the molecule is OC1(c2nccnc2Cl)CN2CCC1CC2. The summed E-state index contributed by atoms with van der Waals surface area (Å²) in [5, 5.41) is 11.1. The lowest BCUT2D eigenvalue weighted by atomic mass is 9.74. The first-order valence-electron chi connectivity index (χ1n) is 5.62. The van der Waals surface area contributed by atoms with E-state index in [9.17, 15) is 5.11 Å². The van der Waals surface area contributed by atoms with E-state index in [0.717, 1.165) is 25.9 Å². The molecule has 3 fully saturated rings. The van der Waals surface area contributed by atoms with Crippen LogP contribution >= 0.6 is 11.6 Å². The number of hydrogen-bond donors (Lipinski definition) is 1. The highest BCUT2D eigenvalue weighted by atomic mass is 35.5. The van der Waals surface area contributed by atoms with E-state index in [1.54, 1.807) is 12.4 Å². The Kier molecular flexibility index (Phi) is 2.38. The average Bonchev–Trinajstić information content (AvgIpc) is 2.30. The molecule has 0 radical (unpaired) electrons. The molecule has 86 valence electrons. The molecule has 1 unspecified atom stereocenters. The molecule has 4 rings (SSSR count). The number of aliphatic hydroxyl groups is 1. The van der Waals surface area contributed by atoms with Crippen molar-refractivity contribution in [3.8, 4) is 0 Å². The van der Waals surface area contributed by atoms with Gasteiger partial charge in [-0.3, -0.25) is 4.98 Å². The first kappa shape index (κ1) is 10.4. The second-order valence-electron chi connectivity index (χ2n) is 4.67. The van der Waals surface area contributed by atoms with Gasteiger partial charge in [0.25, 0.3) is 0 Å². The Balaban J connectivity index is 2.02. The van der Waals surface area contributed by atoms with E-state index >= 15 is 0 Å². The van der Waals surface area contributed by atoms with Gasteiger partial charge in [-0.15, -0.1) is 0 Å². The molecule has 1 aromatic rings. The molecule has 5 heteroatoms. The van der Waals surface area contributed by atoms with Gasteiger partial charge >= 0.3 is 0 Å². The number of halogens is 1. The average molecular weight is 240 g/mol. The standard InChI is InChI=1S/C11H14ClN3O/c12-10-9(13-3-4-14-10)11(16)7-15-5-1-8(11)2-6-15/h3-4,8,16H,1-2,5-7H2. The monoisotopic (exact) mass is 239 g/mol. The number of hydrogen-bond acceptors (Lipinski definition) is 4. The lowest BCUT2D eigenvalue weighted by Gasteiger charge is -2.49. The maximum absolute atomic E-state index is 10.8. The van der Waals surface area contributed by atoms with E-state index in [2.05, 4.69) is 14.9 Å². The van der Waals surface area contributed by atoms with Crippen LogP contribution in [0.3, 0.4) is 0 Å². The zero-order valence-electron chi connectivity index (χ0n) is 8.93. The van der Waals surface area contributed by atoms with E-state index < -0.39 is 5.60 Å². The minimum absolute atomic E-state index is 0.270. The van der Waals surface area contributed by atoms with Gasteiger partial charge in [-0.1, -0.05) is 11.6 Å². The van der Waals surface area contributed by atoms with Gasteiger partial charge in [0, 0.05) is 18.9 Å². The Labute approximate surface area is 99.3 Å². The maximum Gasteiger partial charge on any atom is 0.153 e. The second kappa shape index (κ2) is 3.65. The summed E-state index contributed by atoms with van der Waals surface area (Å²) in [6, 6.07) is 0. The van der Waals surface area contributed by atoms with Crippen molar-refractivity contribution in [3.63, 3.8) is 0 Å². The molecule has 1 N–H and O–H groups in total. The topological polar surface area (TPSA) is 49.3 Å². The second-order valence-corrected chi connectivity index (χ2v) is 5.03. The van der Waals surface area contributed by atoms with Gasteiger partial charge in [0.15, 0.2) is 5.15 Å². The third-order valence-corrected chi connectivity index (χ3v) is 4.07. The van der Waals surface area contributed by atoms with E-state index in [4.69, 9.17) is 11.6 Å². The van der Waals surface area contributed by atoms with Crippen LogP contribution in [0.1, 0.15) is 18.5 Å². The van der Waals surface area contributed by atoms with Crippen LogP contribution in [0.2, 0.25) is 5.15 Å². The van der Waals surface area contributed by atoms with Crippen LogP contribution in [-0.4, -0.2) is 39.6 Å². The van der Waals surface area contributed by atoms with Crippen LogP contribution in [-0.2, 0) is 5.60 Å². The minimum atomic E-state index is -0.901. The molecule has 0 spiro atoms. The highest BCUT2D eigenvalue weighted by Crippen LogP contribution is 2.43. The van der Waals surface area contributed by atoms with Gasteiger partial charge in [-0.05, 0) is 31.8 Å². The Hall–Kier alpha value is -0.710. The third kappa shape index (κ3) is 1.44. The minimum Gasteiger partial charge on any atom is -0.382 e. The third-order valence-electron chi connectivity index (χ3n) is 3.79. The number of piperidine rings is 3. The van der Waals surface area contributed by atoms with Crippen molar-refractivity contribution < 1.29 is 5.11 Å². The van der Waals surface area contributed by atoms with E-state index in [0.29, 0.717) is 17.4 Å². The summed E-state index contributed by atoms with van der Waals surface area (Å²) in [5.41, 5.74) is -0.354. The van der Waals surface area contributed by atoms with Crippen molar-refractivity contribution in [1.29, 1.82) is 0 Å². The molecule has 2 bridgehead atoms. The molecule has 1 atom stereocenters. The fourth-order valence-electron chi connectivity index (χ4n) is 2.92. The molecule has 4 nitrogen and oxygen atoms in total. The zero-order chi connectivity index (χ0) is 11.2. The first-order valence-corrected chi connectivity index (χ1v) is 5.99. The van der Waals surface area contributed by atoms with Crippen molar-refractivity contribution in [2.75, 3.05) is 19.6 Å². The Bertz CT molecular complexity index is 406. The predicted octanol–water partition coefficient (Wildman–Crippen LogP) is 1.04. The molecule has 0 amide bonds. The highest BCUT2D eigenvalue weighted by molar-refractivity contribution is 6.30. The summed E-state index contributed by atoms with van der Waals surface area (Å²) in [7, 11) is 0. The summed E-state index contributed by atoms with van der Waals surface area (Å²) < 4.78 is 0. The van der Waals surface area contributed by atoms with E-state index in [-0.39, 0.29) is 5.92 Å². The zero-order valence-corrected chi connectivity index (χ0v) is 9.69. The molecule has 3 aliphatic heterocycles. The van der Waals surface area contributed by atoms with E-state index in [1.807, 2.05) is 0 Å². The molecule has 0 aromatic carbocycles. The lowest BCUT2D eigenvalue weighted by Crippen LogP contribution is -2.57. The number of aromatic nitrogens is 2. The summed E-state index contributed by atoms with van der Waals surface area (Å²) in [4.78, 5) is 10.5. The molecule has 0 aliphatic carbocycles. The molecule has 3 saturated heterocycles. The summed E-state index contributed by atoms with van der Waals surface area (Å²) in [5.74, 6) is 0.270. The summed E-state index contributed by atoms with van der Waals surface area (Å²) in [6.07, 6.45) is 5.18. The van der Waals surface area contributed by atoms with Crippen LogP contribution in [0.5, 0.6) is 0 Å². The molecule has 4 heterocycles. The van der Waals surface area contributed by atoms with Gasteiger partial charge in [-0.2, -0.15) is 0 Å². The highest BCUT2D eigenvalue weighted by Gasteiger charge is 2.48. The van der Waals surface area contributed by atoms with Gasteiger partial charge in [0.05, 0.1) is 0 Å². The Morgan fingerprint density at radius 1 is 1.31 bits per heavy atom. The lowest BCUT2D eigenvalue weighted by molar-refractivity contribution is -0.120. The van der Waals surface area contributed by atoms with Crippen molar-refractivity contribution in [2.24, 2.45) is 5.92 Å². The normalized spacial score (nSPS) is 37.6. The van der Waals surface area contributed by atoms with Gasteiger partial charge in [-0.25, -0.2) is 4.98 Å². The Morgan fingerprint density at radius 3 is 2.56 bits per heavy atom. The molecular weight excluding hydrogens is 226 g/mol. The van der Waals surface area contributed by atoms with Gasteiger partial charge in [0.1, 0.15) is 11.3 Å². The van der Waals surface area contributed by atoms with Crippen LogP contribution in [0.25, 0.3) is 0 Å². The van der Waals surface area contributed by atoms with Crippen LogP contribution in [0.4, 0.5) is 0 Å². The summed E-state index contributed by atoms with van der Waals surface area (Å²) >= 11 is 6.03. The maximum atomic E-state index is 10.8. The van der Waals surface area contributed by atoms with Crippen LogP contribution < -0.4 is 0 Å². The van der Waals surface area contributed by atoms with Crippen molar-refractivity contribution in [1.82, 2.24) is 14.9 Å². The molecule has 0 saturated carbocycles. The van der Waals surface area contributed by atoms with Crippen molar-refractivity contribution in [2.45, 2.75) is 18.4 Å². The van der Waals surface area contributed by atoms with Crippen LogP contribution in [0.15, 0.2) is 12.4 Å². The van der Waals surface area contributed by atoms with Crippen molar-refractivity contribution >= 4 is 11.6 Å². The quantitative estimate of drug-likeness (QED) is 0.796. The van der Waals surface area contributed by atoms with Gasteiger partial charge in [0.2, 0.25) is 0 Å². The number of rotatable bonds is 1. The number of nitrogens with zero attached hydrogens (tertiary/aromatic N) is 3. The first-order chi connectivity index (χ1) is 7.70. The summed E-state index contributed by atoms with van der Waals surface area (Å²) in [6.45, 7) is 2.78. The molecule has 16 heavy (non-hydrogen) atoms. The van der Waals surface area contributed by atoms with Gasteiger partial charge < -0.3 is 10.0 Å². The smallest absolute Gasteiger partial charge is 0.153 e. The number of fused-ring (bicyclic) bond motifs is 3. The predicted molar refractivity (Wildman–Crippen MR) is 60.1 cm³/mol. The molecule has 1 aromatic heterocycles. The largest absolute Gasteiger partial charge is 0.382 e. The molecular formula is C11H14ClN3O. The van der Waals surface area contributed by atoms with Crippen molar-refractivity contribution in [3.05, 3.63) is 23.2 Å². The fraction of sp³-hybridized carbons (Fsp3) is 0.636. The molecule has 3 aliphatic rings. The van der Waals surface area contributed by atoms with E-state index in [1.165, 1.54) is 0 Å².